The highest BCUT2D eigenvalue weighted by Gasteiger charge is 2.48. The Morgan fingerprint density at radius 2 is 1.78 bits per heavy atom. The van der Waals surface area contributed by atoms with Crippen molar-refractivity contribution in [2.75, 3.05) is 19.6 Å². The summed E-state index contributed by atoms with van der Waals surface area (Å²) in [6.45, 7) is 5.84. The number of likely N-dealkylation sites (tertiary alicyclic amines) is 1. The average molecular weight is 245 g/mol. The summed E-state index contributed by atoms with van der Waals surface area (Å²) in [6.07, 6.45) is 3.13. The van der Waals surface area contributed by atoms with Crippen LogP contribution in [-0.4, -0.2) is 29.6 Å². The van der Waals surface area contributed by atoms with Crippen LogP contribution in [-0.2, 0) is 5.60 Å². The summed E-state index contributed by atoms with van der Waals surface area (Å²) in [7, 11) is 0. The second-order valence-corrected chi connectivity index (χ2v) is 6.09. The molecular formula is C16H23NO. The third-order valence-corrected chi connectivity index (χ3v) is 4.70. The Bertz CT molecular complexity index is 389. The van der Waals surface area contributed by atoms with Gasteiger partial charge in [-0.15, -0.1) is 0 Å². The number of hydrogen-bond donors (Lipinski definition) is 1. The monoisotopic (exact) mass is 245 g/mol. The normalized spacial score (nSPS) is 35.9. The van der Waals surface area contributed by atoms with Crippen molar-refractivity contribution in [1.82, 2.24) is 4.90 Å². The van der Waals surface area contributed by atoms with Gasteiger partial charge in [0.15, 0.2) is 0 Å². The van der Waals surface area contributed by atoms with Gasteiger partial charge in [0.2, 0.25) is 0 Å². The fourth-order valence-corrected chi connectivity index (χ4v) is 3.93. The number of benzene rings is 1. The van der Waals surface area contributed by atoms with Crippen molar-refractivity contribution in [2.45, 2.75) is 31.8 Å². The van der Waals surface area contributed by atoms with E-state index in [2.05, 4.69) is 24.0 Å². The molecule has 2 fully saturated rings. The number of hydrogen-bond acceptors (Lipinski definition) is 2. The van der Waals surface area contributed by atoms with E-state index in [4.69, 9.17) is 0 Å². The van der Waals surface area contributed by atoms with Gasteiger partial charge in [-0.2, -0.15) is 0 Å². The van der Waals surface area contributed by atoms with E-state index in [1.165, 1.54) is 26.1 Å². The van der Waals surface area contributed by atoms with E-state index in [0.29, 0.717) is 11.8 Å². The standard InChI is InChI=1S/C16H23NO/c1-2-8-17-11-13-9-16(18,10-14(13)12-17)15-6-4-3-5-7-15/h3-7,13-14,18H,2,8-12H2,1H3/t13-,14+,16?. The van der Waals surface area contributed by atoms with Crippen LogP contribution in [0.2, 0.25) is 0 Å². The molecule has 0 aromatic heterocycles. The molecule has 1 saturated heterocycles. The van der Waals surface area contributed by atoms with Gasteiger partial charge in [0.05, 0.1) is 5.60 Å². The molecule has 0 amide bonds. The average Bonchev–Trinajstić information content (AvgIpc) is 2.86. The third-order valence-electron chi connectivity index (χ3n) is 4.70. The second-order valence-electron chi connectivity index (χ2n) is 6.09. The first kappa shape index (κ1) is 12.2. The van der Waals surface area contributed by atoms with Crippen molar-refractivity contribution in [3.8, 4) is 0 Å². The summed E-state index contributed by atoms with van der Waals surface area (Å²) in [5, 5.41) is 10.9. The van der Waals surface area contributed by atoms with Crippen LogP contribution in [0.25, 0.3) is 0 Å². The first-order valence-electron chi connectivity index (χ1n) is 7.21. The topological polar surface area (TPSA) is 23.5 Å². The molecule has 0 radical (unpaired) electrons. The van der Waals surface area contributed by atoms with Crippen LogP contribution in [0.1, 0.15) is 31.7 Å². The van der Waals surface area contributed by atoms with Crippen LogP contribution >= 0.6 is 0 Å². The number of aliphatic hydroxyl groups is 1. The zero-order chi connectivity index (χ0) is 12.6. The van der Waals surface area contributed by atoms with Crippen molar-refractivity contribution in [3.05, 3.63) is 35.9 Å². The Kier molecular flexibility index (Phi) is 3.16. The minimum atomic E-state index is -0.561. The smallest absolute Gasteiger partial charge is 0.0903 e. The Morgan fingerprint density at radius 1 is 1.17 bits per heavy atom. The molecule has 2 heteroatoms. The summed E-state index contributed by atoms with van der Waals surface area (Å²) < 4.78 is 0. The Balaban J connectivity index is 1.71. The number of fused-ring (bicyclic) bond motifs is 1. The van der Waals surface area contributed by atoms with E-state index in [1.807, 2.05) is 18.2 Å². The molecule has 1 aliphatic carbocycles. The minimum absolute atomic E-state index is 0.561. The molecule has 1 unspecified atom stereocenters. The zero-order valence-electron chi connectivity index (χ0n) is 11.2. The number of rotatable bonds is 3. The van der Waals surface area contributed by atoms with Gasteiger partial charge in [0.25, 0.3) is 0 Å². The molecule has 3 atom stereocenters. The summed E-state index contributed by atoms with van der Waals surface area (Å²) in [6, 6.07) is 10.2. The van der Waals surface area contributed by atoms with E-state index < -0.39 is 5.60 Å². The lowest BCUT2D eigenvalue weighted by Crippen LogP contribution is -2.28. The molecule has 1 aromatic carbocycles. The van der Waals surface area contributed by atoms with Crippen molar-refractivity contribution in [1.29, 1.82) is 0 Å². The lowest BCUT2D eigenvalue weighted by Gasteiger charge is -2.26. The van der Waals surface area contributed by atoms with Crippen molar-refractivity contribution >= 4 is 0 Å². The molecule has 1 heterocycles. The quantitative estimate of drug-likeness (QED) is 0.885. The molecule has 3 rings (SSSR count). The lowest BCUT2D eigenvalue weighted by molar-refractivity contribution is 0.0314. The maximum Gasteiger partial charge on any atom is 0.0903 e. The molecular weight excluding hydrogens is 222 g/mol. The molecule has 1 saturated carbocycles. The second kappa shape index (κ2) is 4.67. The van der Waals surface area contributed by atoms with Gasteiger partial charge >= 0.3 is 0 Å². The molecule has 98 valence electrons. The predicted molar refractivity (Wildman–Crippen MR) is 73.3 cm³/mol. The van der Waals surface area contributed by atoms with Gasteiger partial charge in [-0.1, -0.05) is 37.3 Å². The van der Waals surface area contributed by atoms with E-state index in [9.17, 15) is 5.11 Å². The molecule has 0 bridgehead atoms. The Morgan fingerprint density at radius 3 is 2.33 bits per heavy atom. The summed E-state index contributed by atoms with van der Waals surface area (Å²) in [4.78, 5) is 2.57. The molecule has 1 aromatic rings. The predicted octanol–water partition coefficient (Wildman–Crippen LogP) is 2.63. The van der Waals surface area contributed by atoms with Gasteiger partial charge in [-0.05, 0) is 43.2 Å². The summed E-state index contributed by atoms with van der Waals surface area (Å²) >= 11 is 0. The molecule has 2 aliphatic rings. The van der Waals surface area contributed by atoms with Crippen molar-refractivity contribution in [3.63, 3.8) is 0 Å². The maximum absolute atomic E-state index is 10.9. The fourth-order valence-electron chi connectivity index (χ4n) is 3.93. The number of nitrogens with zero attached hydrogens (tertiary/aromatic N) is 1. The van der Waals surface area contributed by atoms with Crippen LogP contribution in [0.3, 0.4) is 0 Å². The molecule has 0 spiro atoms. The summed E-state index contributed by atoms with van der Waals surface area (Å²) in [5.74, 6) is 1.39. The van der Waals surface area contributed by atoms with E-state index in [1.54, 1.807) is 0 Å². The summed E-state index contributed by atoms with van der Waals surface area (Å²) in [5.41, 5.74) is 0.552. The Labute approximate surface area is 110 Å². The van der Waals surface area contributed by atoms with E-state index in [0.717, 1.165) is 18.4 Å². The third kappa shape index (κ3) is 2.08. The van der Waals surface area contributed by atoms with Gasteiger partial charge < -0.3 is 10.0 Å². The highest BCUT2D eigenvalue weighted by molar-refractivity contribution is 5.24. The van der Waals surface area contributed by atoms with Crippen LogP contribution in [0, 0.1) is 11.8 Å². The lowest BCUT2D eigenvalue weighted by atomic mass is 9.90. The first-order valence-corrected chi connectivity index (χ1v) is 7.21. The highest BCUT2D eigenvalue weighted by Crippen LogP contribution is 2.48. The van der Waals surface area contributed by atoms with Crippen LogP contribution < -0.4 is 0 Å². The Hall–Kier alpha value is -0.860. The van der Waals surface area contributed by atoms with Gasteiger partial charge in [0, 0.05) is 13.1 Å². The SMILES string of the molecule is CCCN1C[C@@H]2CC(O)(c3ccccc3)C[C@@H]2C1. The van der Waals surface area contributed by atoms with E-state index in [-0.39, 0.29) is 0 Å². The van der Waals surface area contributed by atoms with Crippen molar-refractivity contribution in [2.24, 2.45) is 11.8 Å². The van der Waals surface area contributed by atoms with Crippen molar-refractivity contribution < 1.29 is 5.11 Å². The maximum atomic E-state index is 10.9. The van der Waals surface area contributed by atoms with Gasteiger partial charge in [0.1, 0.15) is 0 Å². The fraction of sp³-hybridized carbons (Fsp3) is 0.625. The minimum Gasteiger partial charge on any atom is -0.385 e. The molecule has 18 heavy (non-hydrogen) atoms. The van der Waals surface area contributed by atoms with Gasteiger partial charge in [-0.25, -0.2) is 0 Å². The van der Waals surface area contributed by atoms with Crippen LogP contribution in [0.4, 0.5) is 0 Å². The van der Waals surface area contributed by atoms with E-state index >= 15 is 0 Å². The largest absolute Gasteiger partial charge is 0.385 e. The zero-order valence-corrected chi connectivity index (χ0v) is 11.2. The highest BCUT2D eigenvalue weighted by atomic mass is 16.3. The molecule has 2 nitrogen and oxygen atoms in total. The van der Waals surface area contributed by atoms with Gasteiger partial charge in [-0.3, -0.25) is 0 Å². The first-order chi connectivity index (χ1) is 8.71. The van der Waals surface area contributed by atoms with Crippen LogP contribution in [0.15, 0.2) is 30.3 Å². The van der Waals surface area contributed by atoms with Crippen LogP contribution in [0.5, 0.6) is 0 Å². The molecule has 1 aliphatic heterocycles. The molecule has 1 N–H and O–H groups in total.